The van der Waals surface area contributed by atoms with Crippen LogP contribution in [0.2, 0.25) is 5.02 Å². The number of hydrogen-bond acceptors (Lipinski definition) is 3. The molecule has 3 aromatic rings. The van der Waals surface area contributed by atoms with Crippen LogP contribution in [0.3, 0.4) is 0 Å². The van der Waals surface area contributed by atoms with Crippen LogP contribution in [0.5, 0.6) is 11.6 Å². The fourth-order valence-electron chi connectivity index (χ4n) is 1.89. The molecule has 0 saturated carbocycles. The molecule has 0 fully saturated rings. The van der Waals surface area contributed by atoms with Gasteiger partial charge < -0.3 is 9.84 Å². The van der Waals surface area contributed by atoms with Crippen molar-refractivity contribution in [3.05, 3.63) is 59.1 Å². The molecule has 1 aromatic carbocycles. The minimum Gasteiger partial charge on any atom is -0.476 e. The van der Waals surface area contributed by atoms with Crippen LogP contribution in [-0.4, -0.2) is 20.5 Å². The summed E-state index contributed by atoms with van der Waals surface area (Å²) >= 11 is 5.59. The van der Waals surface area contributed by atoms with Gasteiger partial charge in [0, 0.05) is 12.3 Å². The maximum absolute atomic E-state index is 13.4. The molecular formula is C14H8ClFN2O3. The van der Waals surface area contributed by atoms with Gasteiger partial charge in [0.15, 0.2) is 5.69 Å². The summed E-state index contributed by atoms with van der Waals surface area (Å²) in [5, 5.41) is 9.25. The minimum absolute atomic E-state index is 0.0455. The van der Waals surface area contributed by atoms with Crippen LogP contribution in [0.1, 0.15) is 10.5 Å². The Bertz CT molecular complexity index is 847. The standard InChI is InChI=1S/C14H8ClFN2O3/c15-9-5-4-8(7-10(9)16)21-13-12(14(19)20)18-6-2-1-3-11(18)17-13/h1-7H,(H,19,20). The molecule has 2 aromatic heterocycles. The average molecular weight is 307 g/mol. The highest BCUT2D eigenvalue weighted by Crippen LogP contribution is 2.28. The number of carbonyl (C=O) groups is 1. The number of fused-ring (bicyclic) bond motifs is 1. The number of carboxylic acid groups (broad SMARTS) is 1. The van der Waals surface area contributed by atoms with Crippen molar-refractivity contribution in [2.24, 2.45) is 0 Å². The Kier molecular flexibility index (Phi) is 3.23. The van der Waals surface area contributed by atoms with E-state index in [-0.39, 0.29) is 22.3 Å². The van der Waals surface area contributed by atoms with E-state index in [2.05, 4.69) is 4.98 Å². The summed E-state index contributed by atoms with van der Waals surface area (Å²) in [7, 11) is 0. The molecule has 7 heteroatoms. The van der Waals surface area contributed by atoms with Crippen LogP contribution >= 0.6 is 11.6 Å². The van der Waals surface area contributed by atoms with E-state index in [1.165, 1.54) is 16.5 Å². The van der Waals surface area contributed by atoms with Crippen LogP contribution in [0.25, 0.3) is 5.65 Å². The summed E-state index contributed by atoms with van der Waals surface area (Å²) in [5.41, 5.74) is 0.278. The summed E-state index contributed by atoms with van der Waals surface area (Å²) in [6, 6.07) is 8.86. The molecule has 0 saturated heterocycles. The van der Waals surface area contributed by atoms with Gasteiger partial charge >= 0.3 is 5.97 Å². The zero-order valence-electron chi connectivity index (χ0n) is 10.5. The summed E-state index contributed by atoms with van der Waals surface area (Å²) in [4.78, 5) is 15.5. The highest BCUT2D eigenvalue weighted by atomic mass is 35.5. The number of imidazole rings is 1. The number of ether oxygens (including phenoxy) is 1. The van der Waals surface area contributed by atoms with Gasteiger partial charge in [-0.25, -0.2) is 9.18 Å². The summed E-state index contributed by atoms with van der Waals surface area (Å²) in [6.45, 7) is 0. The number of aromatic carboxylic acids is 1. The predicted molar refractivity (Wildman–Crippen MR) is 73.6 cm³/mol. The Morgan fingerprint density at radius 1 is 1.33 bits per heavy atom. The lowest BCUT2D eigenvalue weighted by molar-refractivity contribution is 0.0686. The zero-order valence-corrected chi connectivity index (χ0v) is 11.2. The van der Waals surface area contributed by atoms with Crippen molar-refractivity contribution in [2.45, 2.75) is 0 Å². The van der Waals surface area contributed by atoms with Crippen LogP contribution in [-0.2, 0) is 0 Å². The lowest BCUT2D eigenvalue weighted by Crippen LogP contribution is -2.03. The maximum Gasteiger partial charge on any atom is 0.358 e. The molecule has 21 heavy (non-hydrogen) atoms. The van der Waals surface area contributed by atoms with E-state index in [0.717, 1.165) is 6.07 Å². The Hall–Kier alpha value is -2.60. The lowest BCUT2D eigenvalue weighted by Gasteiger charge is -2.04. The minimum atomic E-state index is -1.20. The first-order valence-electron chi connectivity index (χ1n) is 5.89. The van der Waals surface area contributed by atoms with Crippen molar-refractivity contribution >= 4 is 23.2 Å². The van der Waals surface area contributed by atoms with Gasteiger partial charge in [0.05, 0.1) is 5.02 Å². The second-order valence-electron chi connectivity index (χ2n) is 4.18. The van der Waals surface area contributed by atoms with E-state index in [4.69, 9.17) is 16.3 Å². The summed E-state index contributed by atoms with van der Waals surface area (Å²) in [6.07, 6.45) is 1.56. The molecule has 0 unspecified atom stereocenters. The number of nitrogens with zero attached hydrogens (tertiary/aromatic N) is 2. The quantitative estimate of drug-likeness (QED) is 0.802. The van der Waals surface area contributed by atoms with Crippen molar-refractivity contribution in [2.75, 3.05) is 0 Å². The molecule has 0 aliphatic carbocycles. The van der Waals surface area contributed by atoms with E-state index < -0.39 is 11.8 Å². The van der Waals surface area contributed by atoms with Gasteiger partial charge in [-0.1, -0.05) is 17.7 Å². The van der Waals surface area contributed by atoms with Crippen LogP contribution in [0.4, 0.5) is 4.39 Å². The third-order valence-corrected chi connectivity index (χ3v) is 3.11. The van der Waals surface area contributed by atoms with Crippen LogP contribution < -0.4 is 4.74 Å². The van der Waals surface area contributed by atoms with E-state index in [1.54, 1.807) is 24.4 Å². The highest BCUT2D eigenvalue weighted by Gasteiger charge is 2.20. The summed E-state index contributed by atoms with van der Waals surface area (Å²) in [5.74, 6) is -1.86. The number of aromatic nitrogens is 2. The lowest BCUT2D eigenvalue weighted by atomic mass is 10.3. The first kappa shape index (κ1) is 13.4. The van der Waals surface area contributed by atoms with Gasteiger partial charge in [0.25, 0.3) is 5.88 Å². The van der Waals surface area contributed by atoms with Gasteiger partial charge in [-0.05, 0) is 24.3 Å². The normalized spacial score (nSPS) is 10.8. The first-order valence-corrected chi connectivity index (χ1v) is 6.27. The number of benzene rings is 1. The van der Waals surface area contributed by atoms with E-state index in [9.17, 15) is 14.3 Å². The van der Waals surface area contributed by atoms with E-state index in [0.29, 0.717) is 5.65 Å². The fourth-order valence-corrected chi connectivity index (χ4v) is 2.01. The van der Waals surface area contributed by atoms with Crippen molar-refractivity contribution in [3.63, 3.8) is 0 Å². The molecule has 0 spiro atoms. The topological polar surface area (TPSA) is 63.8 Å². The molecule has 3 rings (SSSR count). The molecule has 2 heterocycles. The smallest absolute Gasteiger partial charge is 0.358 e. The monoisotopic (exact) mass is 306 g/mol. The number of rotatable bonds is 3. The average Bonchev–Trinajstić information content (AvgIpc) is 2.80. The second kappa shape index (κ2) is 5.06. The van der Waals surface area contributed by atoms with Crippen LogP contribution in [0, 0.1) is 5.82 Å². The number of hydrogen-bond donors (Lipinski definition) is 1. The number of halogens is 2. The molecule has 0 amide bonds. The molecule has 106 valence electrons. The molecule has 5 nitrogen and oxygen atoms in total. The third kappa shape index (κ3) is 2.41. The molecule has 0 radical (unpaired) electrons. The molecule has 0 aliphatic heterocycles. The number of pyridine rings is 1. The molecule has 1 N–H and O–H groups in total. The van der Waals surface area contributed by atoms with Crippen LogP contribution in [0.15, 0.2) is 42.6 Å². The zero-order chi connectivity index (χ0) is 15.0. The third-order valence-electron chi connectivity index (χ3n) is 2.81. The van der Waals surface area contributed by atoms with Gasteiger partial charge in [-0.3, -0.25) is 4.40 Å². The number of carboxylic acids is 1. The van der Waals surface area contributed by atoms with E-state index >= 15 is 0 Å². The molecule has 0 aliphatic rings. The van der Waals surface area contributed by atoms with E-state index in [1.807, 2.05) is 0 Å². The van der Waals surface area contributed by atoms with Gasteiger partial charge in [-0.15, -0.1) is 0 Å². The Morgan fingerprint density at radius 3 is 2.86 bits per heavy atom. The largest absolute Gasteiger partial charge is 0.476 e. The van der Waals surface area contributed by atoms with Gasteiger partial charge in [-0.2, -0.15) is 4.98 Å². The summed E-state index contributed by atoms with van der Waals surface area (Å²) < 4.78 is 20.2. The Labute approximate surface area is 123 Å². The molecular weight excluding hydrogens is 299 g/mol. The first-order chi connectivity index (χ1) is 10.1. The fraction of sp³-hybridized carbons (Fsp3) is 0. The predicted octanol–water partition coefficient (Wildman–Crippen LogP) is 3.62. The van der Waals surface area contributed by atoms with Crippen molar-refractivity contribution < 1.29 is 19.0 Å². The highest BCUT2D eigenvalue weighted by molar-refractivity contribution is 6.30. The van der Waals surface area contributed by atoms with Crippen molar-refractivity contribution in [1.82, 2.24) is 9.38 Å². The Balaban J connectivity index is 2.09. The van der Waals surface area contributed by atoms with Gasteiger partial charge in [0.2, 0.25) is 0 Å². The van der Waals surface area contributed by atoms with Crippen molar-refractivity contribution in [3.8, 4) is 11.6 Å². The Morgan fingerprint density at radius 2 is 2.14 bits per heavy atom. The maximum atomic E-state index is 13.4. The SMILES string of the molecule is O=C(O)c1c(Oc2ccc(Cl)c(F)c2)nc2ccccn12. The molecule has 0 atom stereocenters. The molecule has 0 bridgehead atoms. The van der Waals surface area contributed by atoms with Gasteiger partial charge in [0.1, 0.15) is 17.2 Å². The van der Waals surface area contributed by atoms with Crippen molar-refractivity contribution in [1.29, 1.82) is 0 Å². The second-order valence-corrected chi connectivity index (χ2v) is 4.58.